The van der Waals surface area contributed by atoms with Crippen LogP contribution in [0, 0.1) is 12.7 Å². The number of rotatable bonds is 3. The Morgan fingerprint density at radius 2 is 2.29 bits per heavy atom. The van der Waals surface area contributed by atoms with Crippen molar-refractivity contribution in [1.82, 2.24) is 5.32 Å². The molecule has 1 saturated heterocycles. The van der Waals surface area contributed by atoms with Gasteiger partial charge in [0.1, 0.15) is 5.82 Å². The molecule has 0 spiro atoms. The Balaban J connectivity index is 1.97. The number of hydrogen-bond donors (Lipinski definition) is 1. The van der Waals surface area contributed by atoms with E-state index in [1.54, 1.807) is 13.0 Å². The molecule has 0 aliphatic carbocycles. The smallest absolute Gasteiger partial charge is 0.126 e. The second kappa shape index (κ2) is 4.07. The third-order valence-corrected chi connectivity index (χ3v) is 2.60. The monoisotopic (exact) mass is 195 g/mol. The molecule has 1 aromatic carbocycles. The first-order valence-corrected chi connectivity index (χ1v) is 4.83. The van der Waals surface area contributed by atoms with Gasteiger partial charge in [-0.1, -0.05) is 12.1 Å². The zero-order chi connectivity index (χ0) is 9.97. The highest BCUT2D eigenvalue weighted by molar-refractivity contribution is 5.26. The zero-order valence-corrected chi connectivity index (χ0v) is 8.22. The summed E-state index contributed by atoms with van der Waals surface area (Å²) >= 11 is 0. The van der Waals surface area contributed by atoms with E-state index in [1.165, 1.54) is 6.07 Å². The fraction of sp³-hybridized carbons (Fsp3) is 0.455. The number of nitrogens with one attached hydrogen (secondary N) is 1. The van der Waals surface area contributed by atoms with Gasteiger partial charge in [0.25, 0.3) is 0 Å². The minimum atomic E-state index is -0.155. The highest BCUT2D eigenvalue weighted by Crippen LogP contribution is 2.14. The standard InChI is InChI=1S/C11H14FNO/c1-8-9(3-2-4-11(8)12)7-14-10-5-13-6-10/h2-4,10,13H,5-7H2,1H3. The summed E-state index contributed by atoms with van der Waals surface area (Å²) < 4.78 is 18.7. The summed E-state index contributed by atoms with van der Waals surface area (Å²) in [6.45, 7) is 4.12. The molecular weight excluding hydrogens is 181 g/mol. The van der Waals surface area contributed by atoms with Crippen molar-refractivity contribution in [3.05, 3.63) is 35.1 Å². The first-order chi connectivity index (χ1) is 6.77. The molecule has 0 radical (unpaired) electrons. The van der Waals surface area contributed by atoms with Gasteiger partial charge < -0.3 is 10.1 Å². The maximum Gasteiger partial charge on any atom is 0.126 e. The molecule has 0 aromatic heterocycles. The largest absolute Gasteiger partial charge is 0.371 e. The minimum Gasteiger partial charge on any atom is -0.371 e. The number of benzene rings is 1. The van der Waals surface area contributed by atoms with Gasteiger partial charge in [0, 0.05) is 13.1 Å². The van der Waals surface area contributed by atoms with Gasteiger partial charge in [-0.3, -0.25) is 0 Å². The molecule has 1 aromatic rings. The average Bonchev–Trinajstić information content (AvgIpc) is 2.09. The van der Waals surface area contributed by atoms with Crippen LogP contribution in [0.1, 0.15) is 11.1 Å². The molecule has 2 nitrogen and oxygen atoms in total. The minimum absolute atomic E-state index is 0.155. The molecule has 1 heterocycles. The fourth-order valence-electron chi connectivity index (χ4n) is 1.40. The van der Waals surface area contributed by atoms with E-state index in [-0.39, 0.29) is 5.82 Å². The van der Waals surface area contributed by atoms with Crippen LogP contribution in [-0.2, 0) is 11.3 Å². The topological polar surface area (TPSA) is 21.3 Å². The summed E-state index contributed by atoms with van der Waals surface area (Å²) in [6, 6.07) is 5.11. The van der Waals surface area contributed by atoms with Gasteiger partial charge >= 0.3 is 0 Å². The van der Waals surface area contributed by atoms with Crippen LogP contribution in [0.5, 0.6) is 0 Å². The molecular formula is C11H14FNO. The zero-order valence-electron chi connectivity index (χ0n) is 8.22. The fourth-order valence-corrected chi connectivity index (χ4v) is 1.40. The first-order valence-electron chi connectivity index (χ1n) is 4.83. The molecule has 0 saturated carbocycles. The van der Waals surface area contributed by atoms with Gasteiger partial charge in [0.2, 0.25) is 0 Å². The van der Waals surface area contributed by atoms with Crippen molar-refractivity contribution in [3.8, 4) is 0 Å². The van der Waals surface area contributed by atoms with Crippen LogP contribution in [0.4, 0.5) is 4.39 Å². The van der Waals surface area contributed by atoms with E-state index in [0.717, 1.165) is 18.7 Å². The van der Waals surface area contributed by atoms with E-state index in [2.05, 4.69) is 5.32 Å². The lowest BCUT2D eigenvalue weighted by atomic mass is 10.1. The van der Waals surface area contributed by atoms with Crippen LogP contribution in [0.2, 0.25) is 0 Å². The average molecular weight is 195 g/mol. The van der Waals surface area contributed by atoms with Gasteiger partial charge in [-0.2, -0.15) is 0 Å². The molecule has 1 fully saturated rings. The van der Waals surface area contributed by atoms with E-state index >= 15 is 0 Å². The first kappa shape index (κ1) is 9.62. The number of halogens is 1. The predicted octanol–water partition coefficient (Wildman–Crippen LogP) is 1.62. The molecule has 3 heteroatoms. The van der Waals surface area contributed by atoms with Gasteiger partial charge in [0.15, 0.2) is 0 Å². The highest BCUT2D eigenvalue weighted by atomic mass is 19.1. The summed E-state index contributed by atoms with van der Waals surface area (Å²) in [4.78, 5) is 0. The van der Waals surface area contributed by atoms with Crippen molar-refractivity contribution < 1.29 is 9.13 Å². The van der Waals surface area contributed by atoms with Gasteiger partial charge in [-0.15, -0.1) is 0 Å². The third kappa shape index (κ3) is 1.94. The van der Waals surface area contributed by atoms with Crippen LogP contribution in [0.15, 0.2) is 18.2 Å². The van der Waals surface area contributed by atoms with Crippen LogP contribution in [0.25, 0.3) is 0 Å². The van der Waals surface area contributed by atoms with Crippen molar-refractivity contribution in [2.24, 2.45) is 0 Å². The molecule has 76 valence electrons. The van der Waals surface area contributed by atoms with E-state index in [9.17, 15) is 4.39 Å². The summed E-state index contributed by atoms with van der Waals surface area (Å²) in [5, 5.41) is 3.12. The van der Waals surface area contributed by atoms with Crippen molar-refractivity contribution in [3.63, 3.8) is 0 Å². The molecule has 0 atom stereocenters. The van der Waals surface area contributed by atoms with E-state index in [1.807, 2.05) is 6.07 Å². The lowest BCUT2D eigenvalue weighted by molar-refractivity contribution is 0.00726. The second-order valence-corrected chi connectivity index (χ2v) is 3.62. The van der Waals surface area contributed by atoms with Crippen LogP contribution in [0.3, 0.4) is 0 Å². The summed E-state index contributed by atoms with van der Waals surface area (Å²) in [5.74, 6) is -0.155. The molecule has 1 N–H and O–H groups in total. The Kier molecular flexibility index (Phi) is 2.79. The van der Waals surface area contributed by atoms with Crippen LogP contribution >= 0.6 is 0 Å². The van der Waals surface area contributed by atoms with E-state index in [4.69, 9.17) is 4.74 Å². The van der Waals surface area contributed by atoms with Crippen LogP contribution < -0.4 is 5.32 Å². The van der Waals surface area contributed by atoms with Crippen molar-refractivity contribution in [2.45, 2.75) is 19.6 Å². The molecule has 2 rings (SSSR count). The molecule has 1 aliphatic heterocycles. The molecule has 14 heavy (non-hydrogen) atoms. The normalized spacial score (nSPS) is 16.7. The highest BCUT2D eigenvalue weighted by Gasteiger charge is 2.17. The second-order valence-electron chi connectivity index (χ2n) is 3.62. The molecule has 1 aliphatic rings. The Hall–Kier alpha value is -0.930. The summed E-state index contributed by atoms with van der Waals surface area (Å²) in [6.07, 6.45) is 0.303. The Labute approximate surface area is 83.1 Å². The van der Waals surface area contributed by atoms with E-state index < -0.39 is 0 Å². The van der Waals surface area contributed by atoms with Gasteiger partial charge in [-0.25, -0.2) is 4.39 Å². The van der Waals surface area contributed by atoms with Gasteiger partial charge in [0.05, 0.1) is 12.7 Å². The van der Waals surface area contributed by atoms with Crippen molar-refractivity contribution in [1.29, 1.82) is 0 Å². The maximum absolute atomic E-state index is 13.1. The summed E-state index contributed by atoms with van der Waals surface area (Å²) in [5.41, 5.74) is 1.64. The Morgan fingerprint density at radius 1 is 1.50 bits per heavy atom. The Bertz CT molecular complexity index is 323. The Morgan fingerprint density at radius 3 is 2.93 bits per heavy atom. The predicted molar refractivity (Wildman–Crippen MR) is 52.6 cm³/mol. The molecule has 0 amide bonds. The SMILES string of the molecule is Cc1c(F)cccc1COC1CNC1. The van der Waals surface area contributed by atoms with Crippen molar-refractivity contribution in [2.75, 3.05) is 13.1 Å². The summed E-state index contributed by atoms with van der Waals surface area (Å²) in [7, 11) is 0. The van der Waals surface area contributed by atoms with E-state index in [0.29, 0.717) is 18.3 Å². The lowest BCUT2D eigenvalue weighted by Gasteiger charge is -2.27. The number of hydrogen-bond acceptors (Lipinski definition) is 2. The number of ether oxygens (including phenoxy) is 1. The maximum atomic E-state index is 13.1. The van der Waals surface area contributed by atoms with Gasteiger partial charge in [-0.05, 0) is 24.1 Å². The third-order valence-electron chi connectivity index (χ3n) is 2.60. The molecule has 0 bridgehead atoms. The van der Waals surface area contributed by atoms with Crippen LogP contribution in [-0.4, -0.2) is 19.2 Å². The quantitative estimate of drug-likeness (QED) is 0.791. The van der Waals surface area contributed by atoms with Crippen molar-refractivity contribution >= 4 is 0 Å². The molecule has 0 unspecified atom stereocenters. The lowest BCUT2D eigenvalue weighted by Crippen LogP contribution is -2.48.